The zero-order valence-corrected chi connectivity index (χ0v) is 15.8. The molecule has 8 heteroatoms. The second-order valence-electron chi connectivity index (χ2n) is 5.03. The summed E-state index contributed by atoms with van der Waals surface area (Å²) >= 11 is 3.26. The Morgan fingerprint density at radius 1 is 1.17 bits per heavy atom. The molecule has 0 unspecified atom stereocenters. The van der Waals surface area contributed by atoms with Crippen molar-refractivity contribution in [3.63, 3.8) is 0 Å². The Hall–Kier alpha value is -2.06. The third-order valence-corrected chi connectivity index (χ3v) is 5.29. The average molecular weight is 413 g/mol. The van der Waals surface area contributed by atoms with Crippen molar-refractivity contribution in [1.82, 2.24) is 0 Å². The second-order valence-corrected chi connectivity index (χ2v) is 7.59. The van der Waals surface area contributed by atoms with Gasteiger partial charge in [-0.25, -0.2) is 8.42 Å². The first kappa shape index (κ1) is 18.3. The molecule has 24 heavy (non-hydrogen) atoms. The molecule has 0 aromatic heterocycles. The summed E-state index contributed by atoms with van der Waals surface area (Å²) in [4.78, 5) is 12.8. The molecule has 2 rings (SSSR count). The number of hydrogen-bond acceptors (Lipinski definition) is 4. The first-order valence-corrected chi connectivity index (χ1v) is 9.23. The van der Waals surface area contributed by atoms with Crippen molar-refractivity contribution in [2.75, 3.05) is 23.8 Å². The van der Waals surface area contributed by atoms with Crippen molar-refractivity contribution in [3.05, 3.63) is 46.9 Å². The van der Waals surface area contributed by atoms with Crippen LogP contribution in [0.25, 0.3) is 0 Å². The molecule has 2 aromatic rings. The summed E-state index contributed by atoms with van der Waals surface area (Å²) in [5.41, 5.74) is 1.06. The first-order valence-electron chi connectivity index (χ1n) is 6.95. The number of methoxy groups -OCH3 is 1. The maximum atomic E-state index is 12.6. The molecule has 128 valence electrons. The normalized spacial score (nSPS) is 11.0. The highest BCUT2D eigenvalue weighted by Crippen LogP contribution is 2.29. The predicted molar refractivity (Wildman–Crippen MR) is 97.0 cm³/mol. The second kappa shape index (κ2) is 7.23. The maximum absolute atomic E-state index is 12.6. The summed E-state index contributed by atoms with van der Waals surface area (Å²) < 4.78 is 33.4. The monoisotopic (exact) mass is 412 g/mol. The summed E-state index contributed by atoms with van der Waals surface area (Å²) in [6.45, 7) is 1.45. The van der Waals surface area contributed by atoms with E-state index in [9.17, 15) is 13.2 Å². The number of nitrogens with one attached hydrogen (secondary N) is 1. The third-order valence-electron chi connectivity index (χ3n) is 3.39. The zero-order chi connectivity index (χ0) is 17.9. The smallest absolute Gasteiger partial charge is 0.265 e. The number of anilines is 2. The number of halogens is 1. The van der Waals surface area contributed by atoms with Gasteiger partial charge in [0.2, 0.25) is 5.91 Å². The number of carbonyl (C=O) groups is 1. The van der Waals surface area contributed by atoms with Crippen LogP contribution in [-0.4, -0.2) is 28.5 Å². The standard InChI is InChI=1S/C16H17BrN2O4S/c1-11(20)19(2)14-7-5-13(6-8-14)18-24(21,22)16-10-12(17)4-9-15(16)23-3/h4-10,18H,1-3H3. The van der Waals surface area contributed by atoms with E-state index in [0.29, 0.717) is 15.8 Å². The van der Waals surface area contributed by atoms with Gasteiger partial charge in [-0.2, -0.15) is 0 Å². The van der Waals surface area contributed by atoms with E-state index in [1.807, 2.05) is 0 Å². The number of rotatable bonds is 5. The quantitative estimate of drug-likeness (QED) is 0.817. The van der Waals surface area contributed by atoms with Crippen molar-refractivity contribution < 1.29 is 17.9 Å². The average Bonchev–Trinajstić information content (AvgIpc) is 2.54. The Morgan fingerprint density at radius 3 is 2.33 bits per heavy atom. The fraction of sp³-hybridized carbons (Fsp3) is 0.188. The fourth-order valence-electron chi connectivity index (χ4n) is 2.01. The summed E-state index contributed by atoms with van der Waals surface area (Å²) in [5, 5.41) is 0. The lowest BCUT2D eigenvalue weighted by atomic mass is 10.2. The van der Waals surface area contributed by atoms with Crippen molar-refractivity contribution in [2.45, 2.75) is 11.8 Å². The molecular formula is C16H17BrN2O4S. The van der Waals surface area contributed by atoms with Gasteiger partial charge in [-0.3, -0.25) is 9.52 Å². The van der Waals surface area contributed by atoms with E-state index < -0.39 is 10.0 Å². The van der Waals surface area contributed by atoms with Gasteiger partial charge in [-0.05, 0) is 42.5 Å². The molecule has 0 fully saturated rings. The van der Waals surface area contributed by atoms with Gasteiger partial charge in [0.25, 0.3) is 10.0 Å². The number of nitrogens with zero attached hydrogens (tertiary/aromatic N) is 1. The van der Waals surface area contributed by atoms with Crippen LogP contribution in [0.5, 0.6) is 5.75 Å². The summed E-state index contributed by atoms with van der Waals surface area (Å²) in [6, 6.07) is 11.3. The summed E-state index contributed by atoms with van der Waals surface area (Å²) in [5.74, 6) is 0.140. The van der Waals surface area contributed by atoms with Crippen LogP contribution in [0.15, 0.2) is 51.8 Å². The highest BCUT2D eigenvalue weighted by molar-refractivity contribution is 9.10. The summed E-state index contributed by atoms with van der Waals surface area (Å²) in [6.07, 6.45) is 0. The van der Waals surface area contributed by atoms with E-state index >= 15 is 0 Å². The summed E-state index contributed by atoms with van der Waals surface area (Å²) in [7, 11) is -0.756. The van der Waals surface area contributed by atoms with Crippen molar-refractivity contribution >= 4 is 43.2 Å². The lowest BCUT2D eigenvalue weighted by molar-refractivity contribution is -0.116. The highest BCUT2D eigenvalue weighted by atomic mass is 79.9. The van der Waals surface area contributed by atoms with Crippen molar-refractivity contribution in [3.8, 4) is 5.75 Å². The molecule has 0 aliphatic heterocycles. The number of carbonyl (C=O) groups excluding carboxylic acids is 1. The van der Waals surface area contributed by atoms with Gasteiger partial charge >= 0.3 is 0 Å². The minimum Gasteiger partial charge on any atom is -0.495 e. The first-order chi connectivity index (χ1) is 11.2. The topological polar surface area (TPSA) is 75.7 Å². The molecule has 0 saturated carbocycles. The fourth-order valence-corrected chi connectivity index (χ4v) is 3.77. The van der Waals surface area contributed by atoms with E-state index in [-0.39, 0.29) is 16.6 Å². The molecule has 2 aromatic carbocycles. The number of hydrogen-bond donors (Lipinski definition) is 1. The molecular weight excluding hydrogens is 396 g/mol. The van der Waals surface area contributed by atoms with E-state index in [1.165, 1.54) is 25.0 Å². The zero-order valence-electron chi connectivity index (χ0n) is 13.4. The molecule has 0 spiro atoms. The predicted octanol–water partition coefficient (Wildman–Crippen LogP) is 3.24. The van der Waals surface area contributed by atoms with E-state index in [0.717, 1.165) is 0 Å². The third kappa shape index (κ3) is 4.07. The van der Waals surface area contributed by atoms with E-state index in [1.54, 1.807) is 43.4 Å². The number of benzene rings is 2. The van der Waals surface area contributed by atoms with Gasteiger partial charge in [0, 0.05) is 29.8 Å². The molecule has 0 bridgehead atoms. The van der Waals surface area contributed by atoms with Gasteiger partial charge in [-0.15, -0.1) is 0 Å². The number of ether oxygens (including phenoxy) is 1. The van der Waals surface area contributed by atoms with Crippen LogP contribution in [0.2, 0.25) is 0 Å². The lowest BCUT2D eigenvalue weighted by Gasteiger charge is -2.16. The highest BCUT2D eigenvalue weighted by Gasteiger charge is 2.20. The lowest BCUT2D eigenvalue weighted by Crippen LogP contribution is -2.22. The van der Waals surface area contributed by atoms with Crippen LogP contribution in [0.1, 0.15) is 6.92 Å². The van der Waals surface area contributed by atoms with E-state index in [4.69, 9.17) is 4.74 Å². The molecule has 6 nitrogen and oxygen atoms in total. The minimum atomic E-state index is -3.81. The Kier molecular flexibility index (Phi) is 5.51. The Balaban J connectivity index is 2.30. The van der Waals surface area contributed by atoms with Gasteiger partial charge in [0.05, 0.1) is 7.11 Å². The van der Waals surface area contributed by atoms with Gasteiger partial charge in [0.15, 0.2) is 0 Å². The molecule has 0 radical (unpaired) electrons. The van der Waals surface area contributed by atoms with Gasteiger partial charge in [0.1, 0.15) is 10.6 Å². The van der Waals surface area contributed by atoms with Gasteiger partial charge < -0.3 is 9.64 Å². The molecule has 0 aliphatic rings. The van der Waals surface area contributed by atoms with Crippen molar-refractivity contribution in [1.29, 1.82) is 0 Å². The largest absolute Gasteiger partial charge is 0.495 e. The number of amides is 1. The van der Waals surface area contributed by atoms with Crippen LogP contribution in [-0.2, 0) is 14.8 Å². The molecule has 1 amide bonds. The Labute approximate surface area is 149 Å². The Bertz CT molecular complexity index is 851. The number of sulfonamides is 1. The molecule has 0 saturated heterocycles. The van der Waals surface area contributed by atoms with Gasteiger partial charge in [-0.1, -0.05) is 15.9 Å². The molecule has 0 atom stereocenters. The van der Waals surface area contributed by atoms with E-state index in [2.05, 4.69) is 20.7 Å². The molecule has 1 N–H and O–H groups in total. The van der Waals surface area contributed by atoms with Crippen molar-refractivity contribution in [2.24, 2.45) is 0 Å². The Morgan fingerprint density at radius 2 is 1.79 bits per heavy atom. The van der Waals surface area contributed by atoms with Crippen LogP contribution < -0.4 is 14.4 Å². The minimum absolute atomic E-state index is 0.0318. The molecule has 0 aliphatic carbocycles. The van der Waals surface area contributed by atoms with Crippen LogP contribution in [0, 0.1) is 0 Å². The van der Waals surface area contributed by atoms with Crippen LogP contribution >= 0.6 is 15.9 Å². The molecule has 0 heterocycles. The van der Waals surface area contributed by atoms with Crippen LogP contribution in [0.4, 0.5) is 11.4 Å². The SMILES string of the molecule is COc1ccc(Br)cc1S(=O)(=O)Nc1ccc(N(C)C(C)=O)cc1. The van der Waals surface area contributed by atoms with Crippen LogP contribution in [0.3, 0.4) is 0 Å². The maximum Gasteiger partial charge on any atom is 0.265 e.